The molecule has 1 aliphatic heterocycles. The molecule has 0 bridgehead atoms. The molecule has 0 fully saturated rings. The molecular formula is C30H36N2O5. The predicted molar refractivity (Wildman–Crippen MR) is 142 cm³/mol. The summed E-state index contributed by atoms with van der Waals surface area (Å²) < 4.78 is 5.64. The van der Waals surface area contributed by atoms with E-state index in [2.05, 4.69) is 18.5 Å². The van der Waals surface area contributed by atoms with Gasteiger partial charge in [-0.15, -0.1) is 13.2 Å². The molecule has 196 valence electrons. The molecule has 2 aromatic carbocycles. The number of amides is 2. The van der Waals surface area contributed by atoms with Crippen LogP contribution in [0.1, 0.15) is 48.5 Å². The van der Waals surface area contributed by atoms with Crippen LogP contribution in [0.25, 0.3) is 0 Å². The number of nitrogens with zero attached hydrogens (tertiary/aromatic N) is 1. The van der Waals surface area contributed by atoms with E-state index in [9.17, 15) is 19.5 Å². The summed E-state index contributed by atoms with van der Waals surface area (Å²) in [7, 11) is 0. The quantitative estimate of drug-likeness (QED) is 0.319. The summed E-state index contributed by atoms with van der Waals surface area (Å²) in [5, 5.41) is 12.8. The molecule has 37 heavy (non-hydrogen) atoms. The van der Waals surface area contributed by atoms with E-state index in [4.69, 9.17) is 4.74 Å². The van der Waals surface area contributed by atoms with Gasteiger partial charge in [-0.1, -0.05) is 66.7 Å². The van der Waals surface area contributed by atoms with E-state index in [-0.39, 0.29) is 49.8 Å². The smallest absolute Gasteiger partial charge is 0.306 e. The van der Waals surface area contributed by atoms with Gasteiger partial charge in [0.05, 0.1) is 25.1 Å². The van der Waals surface area contributed by atoms with E-state index >= 15 is 0 Å². The number of nitrogens with one attached hydrogen (secondary N) is 1. The second kappa shape index (κ2) is 14.1. The van der Waals surface area contributed by atoms with Gasteiger partial charge in [0.15, 0.2) is 0 Å². The molecule has 2 N–H and O–H groups in total. The Morgan fingerprint density at radius 1 is 1.05 bits per heavy atom. The van der Waals surface area contributed by atoms with Crippen molar-refractivity contribution in [3.63, 3.8) is 0 Å². The zero-order valence-corrected chi connectivity index (χ0v) is 21.2. The van der Waals surface area contributed by atoms with Crippen LogP contribution in [-0.4, -0.2) is 47.0 Å². The number of fused-ring (bicyclic) bond motifs is 1. The fourth-order valence-corrected chi connectivity index (χ4v) is 4.53. The Bertz CT molecular complexity index is 1080. The summed E-state index contributed by atoms with van der Waals surface area (Å²) in [6, 6.07) is 16.8. The molecule has 7 nitrogen and oxygen atoms in total. The maximum Gasteiger partial charge on any atom is 0.306 e. The first-order chi connectivity index (χ1) is 18.0. The number of hydrogen-bond acceptors (Lipinski definition) is 5. The number of hydrogen-bond donors (Lipinski definition) is 2. The normalized spacial score (nSPS) is 16.1. The molecule has 2 aromatic rings. The van der Waals surface area contributed by atoms with Crippen LogP contribution >= 0.6 is 0 Å². The second-order valence-electron chi connectivity index (χ2n) is 9.22. The van der Waals surface area contributed by atoms with Crippen molar-refractivity contribution in [2.24, 2.45) is 5.92 Å². The molecule has 0 radical (unpaired) electrons. The van der Waals surface area contributed by atoms with E-state index in [0.29, 0.717) is 25.8 Å². The van der Waals surface area contributed by atoms with Crippen molar-refractivity contribution < 1.29 is 24.2 Å². The summed E-state index contributed by atoms with van der Waals surface area (Å²) >= 11 is 0. The number of benzene rings is 2. The summed E-state index contributed by atoms with van der Waals surface area (Å²) in [4.78, 5) is 40.4. The lowest BCUT2D eigenvalue weighted by Crippen LogP contribution is -2.47. The Labute approximate surface area is 218 Å². The van der Waals surface area contributed by atoms with E-state index < -0.39 is 12.0 Å². The average Bonchev–Trinajstić information content (AvgIpc) is 2.93. The first kappa shape index (κ1) is 27.9. The van der Waals surface area contributed by atoms with E-state index in [0.717, 1.165) is 16.7 Å². The highest BCUT2D eigenvalue weighted by molar-refractivity contribution is 5.86. The summed E-state index contributed by atoms with van der Waals surface area (Å²) in [6.45, 7) is 7.72. The van der Waals surface area contributed by atoms with Crippen molar-refractivity contribution >= 4 is 17.8 Å². The van der Waals surface area contributed by atoms with Crippen LogP contribution < -0.4 is 5.32 Å². The van der Waals surface area contributed by atoms with E-state index in [1.54, 1.807) is 17.1 Å². The molecule has 1 aliphatic rings. The van der Waals surface area contributed by atoms with E-state index in [1.807, 2.05) is 54.6 Å². The first-order valence-electron chi connectivity index (χ1n) is 12.7. The number of carbonyl (C=O) groups excluding carboxylic acids is 3. The van der Waals surface area contributed by atoms with Crippen molar-refractivity contribution in [1.29, 1.82) is 0 Å². The van der Waals surface area contributed by atoms with Gasteiger partial charge in [-0.05, 0) is 36.0 Å². The summed E-state index contributed by atoms with van der Waals surface area (Å²) in [5.41, 5.74) is 2.94. The van der Waals surface area contributed by atoms with Crippen LogP contribution in [0.2, 0.25) is 0 Å². The van der Waals surface area contributed by atoms with Gasteiger partial charge < -0.3 is 20.1 Å². The fraction of sp³-hybridized carbons (Fsp3) is 0.367. The second-order valence-corrected chi connectivity index (χ2v) is 9.22. The van der Waals surface area contributed by atoms with Crippen LogP contribution in [0.4, 0.5) is 0 Å². The van der Waals surface area contributed by atoms with Crippen molar-refractivity contribution in [2.75, 3.05) is 13.2 Å². The molecule has 0 spiro atoms. The largest absolute Gasteiger partial charge is 0.456 e. The van der Waals surface area contributed by atoms with Gasteiger partial charge in [-0.25, -0.2) is 0 Å². The first-order valence-corrected chi connectivity index (χ1v) is 12.7. The molecule has 3 rings (SSSR count). The minimum atomic E-state index is -0.653. The molecule has 0 unspecified atom stereocenters. The molecular weight excluding hydrogens is 468 g/mol. The topological polar surface area (TPSA) is 95.9 Å². The van der Waals surface area contributed by atoms with Crippen LogP contribution in [0, 0.1) is 5.92 Å². The van der Waals surface area contributed by atoms with Crippen molar-refractivity contribution in [1.82, 2.24) is 10.2 Å². The number of esters is 1. The predicted octanol–water partition coefficient (Wildman–Crippen LogP) is 3.88. The van der Waals surface area contributed by atoms with Gasteiger partial charge in [-0.3, -0.25) is 14.4 Å². The standard InChI is InChI=1S/C30H36N2O5/c1-3-5-16-29(35)37-27(22-12-7-6-8-13-22)19-31-30(36)24(11-4-2)18-28(34)32-20-25-15-10-9-14-23(25)17-26(32)21-33/h3-4,6-10,12-15,24,26-27,33H,1-2,5,11,16-21H2,(H,31,36)/t24-,26+,27-/m1/s1. The molecule has 0 saturated carbocycles. The summed E-state index contributed by atoms with van der Waals surface area (Å²) in [5.74, 6) is -1.50. The fourth-order valence-electron chi connectivity index (χ4n) is 4.53. The highest BCUT2D eigenvalue weighted by Gasteiger charge is 2.32. The maximum atomic E-state index is 13.3. The van der Waals surface area contributed by atoms with Gasteiger partial charge in [0.2, 0.25) is 11.8 Å². The zero-order valence-electron chi connectivity index (χ0n) is 21.2. The Kier molecular flexibility index (Phi) is 10.6. The zero-order chi connectivity index (χ0) is 26.6. The lowest BCUT2D eigenvalue weighted by atomic mass is 9.92. The van der Waals surface area contributed by atoms with Gasteiger partial charge in [0.1, 0.15) is 6.10 Å². The third kappa shape index (κ3) is 7.89. The number of carbonyl (C=O) groups is 3. The van der Waals surface area contributed by atoms with Crippen molar-refractivity contribution in [2.45, 2.75) is 50.8 Å². The van der Waals surface area contributed by atoms with Crippen LogP contribution in [0.3, 0.4) is 0 Å². The minimum absolute atomic E-state index is 0.00829. The lowest BCUT2D eigenvalue weighted by molar-refractivity contribution is -0.150. The SMILES string of the molecule is C=CCCC(=O)O[C@H](CNC(=O)[C@H](CC=C)CC(=O)N1Cc2ccccc2C[C@H]1CO)c1ccccc1. The third-order valence-electron chi connectivity index (χ3n) is 6.59. The van der Waals surface area contributed by atoms with E-state index in [1.165, 1.54) is 0 Å². The lowest BCUT2D eigenvalue weighted by Gasteiger charge is -2.36. The van der Waals surface area contributed by atoms with Crippen LogP contribution in [0.5, 0.6) is 0 Å². The number of aliphatic hydroxyl groups excluding tert-OH is 1. The Balaban J connectivity index is 1.66. The number of aliphatic hydroxyl groups is 1. The van der Waals surface area contributed by atoms with Gasteiger partial charge in [-0.2, -0.15) is 0 Å². The van der Waals surface area contributed by atoms with Crippen molar-refractivity contribution in [3.05, 3.63) is 96.6 Å². The van der Waals surface area contributed by atoms with Crippen molar-refractivity contribution in [3.8, 4) is 0 Å². The van der Waals surface area contributed by atoms with Gasteiger partial charge >= 0.3 is 5.97 Å². The highest BCUT2D eigenvalue weighted by atomic mass is 16.5. The molecule has 1 heterocycles. The molecule has 0 saturated heterocycles. The third-order valence-corrected chi connectivity index (χ3v) is 6.59. The number of allylic oxidation sites excluding steroid dienone is 2. The number of rotatable bonds is 13. The molecule has 0 aliphatic carbocycles. The van der Waals surface area contributed by atoms with Crippen LogP contribution in [-0.2, 0) is 32.1 Å². The Morgan fingerprint density at radius 2 is 1.76 bits per heavy atom. The minimum Gasteiger partial charge on any atom is -0.456 e. The number of ether oxygens (including phenoxy) is 1. The molecule has 2 amide bonds. The molecule has 3 atom stereocenters. The summed E-state index contributed by atoms with van der Waals surface area (Å²) in [6.07, 6.45) is 4.22. The Hall–Kier alpha value is -3.71. The van der Waals surface area contributed by atoms with Crippen LogP contribution in [0.15, 0.2) is 79.9 Å². The highest BCUT2D eigenvalue weighted by Crippen LogP contribution is 2.25. The van der Waals surface area contributed by atoms with Gasteiger partial charge in [0.25, 0.3) is 0 Å². The van der Waals surface area contributed by atoms with Gasteiger partial charge in [0, 0.05) is 19.4 Å². The monoisotopic (exact) mass is 504 g/mol. The maximum absolute atomic E-state index is 13.3. The average molecular weight is 505 g/mol. The molecule has 0 aromatic heterocycles. The Morgan fingerprint density at radius 3 is 2.43 bits per heavy atom. The molecule has 7 heteroatoms.